The summed E-state index contributed by atoms with van der Waals surface area (Å²) < 4.78 is 4.64. The first-order valence-corrected chi connectivity index (χ1v) is 25.7. The van der Waals surface area contributed by atoms with Gasteiger partial charge in [0.1, 0.15) is 11.6 Å². The second-order valence-corrected chi connectivity index (χ2v) is 19.4. The van der Waals surface area contributed by atoms with Gasteiger partial charge in [0.05, 0.1) is 39.1 Å². The van der Waals surface area contributed by atoms with E-state index in [4.69, 9.17) is 4.98 Å². The topological polar surface area (TPSA) is 46.5 Å². The number of hydrogen-bond donors (Lipinski definition) is 0. The summed E-state index contributed by atoms with van der Waals surface area (Å²) in [5, 5.41) is 16.4. The molecule has 0 fully saturated rings. The van der Waals surface area contributed by atoms with Crippen LogP contribution in [0.1, 0.15) is 5.56 Å². The number of nitrogens with zero attached hydrogens (tertiary/aromatic N) is 4. The van der Waals surface area contributed by atoms with Crippen molar-refractivity contribution in [3.63, 3.8) is 0 Å². The van der Waals surface area contributed by atoms with E-state index >= 15 is 0 Å². The number of benzene rings is 11. The predicted octanol–water partition coefficient (Wildman–Crippen LogP) is 18.8. The molecule has 4 nitrogen and oxygen atoms in total. The van der Waals surface area contributed by atoms with Crippen molar-refractivity contribution in [3.05, 3.63) is 285 Å². The van der Waals surface area contributed by atoms with Crippen LogP contribution in [-0.2, 0) is 0 Å². The van der Waals surface area contributed by atoms with Crippen LogP contribution in [0, 0.1) is 11.3 Å². The largest absolute Gasteiger partial charge is 0.308 e. The molecule has 0 saturated heterocycles. The average Bonchev–Trinajstić information content (AvgIpc) is 4.06. The van der Waals surface area contributed by atoms with Gasteiger partial charge in [-0.25, -0.2) is 0 Å². The molecule has 0 amide bonds. The number of pyridine rings is 1. The van der Waals surface area contributed by atoms with E-state index in [0.717, 1.165) is 133 Å². The molecule has 0 N–H and O–H groups in total. The minimum Gasteiger partial charge on any atom is -0.308 e. The van der Waals surface area contributed by atoms with Crippen LogP contribution in [0.4, 0.5) is 0 Å². The molecule has 3 aromatic heterocycles. The number of fused-ring (bicyclic) bond motifs is 6. The second-order valence-electron chi connectivity index (χ2n) is 19.4. The van der Waals surface area contributed by atoms with Crippen LogP contribution in [-0.4, -0.2) is 14.1 Å². The molecular weight excluding hydrogens is 921 g/mol. The van der Waals surface area contributed by atoms with Gasteiger partial charge in [0.25, 0.3) is 0 Å². The molecule has 76 heavy (non-hydrogen) atoms. The Kier molecular flexibility index (Phi) is 10.9. The van der Waals surface area contributed by atoms with Crippen LogP contribution in [0.5, 0.6) is 0 Å². The molecule has 0 bridgehead atoms. The lowest BCUT2D eigenvalue weighted by Gasteiger charge is -2.20. The van der Waals surface area contributed by atoms with Crippen molar-refractivity contribution in [1.29, 1.82) is 5.26 Å². The summed E-state index contributed by atoms with van der Waals surface area (Å²) in [4.78, 5) is 5.21. The van der Waals surface area contributed by atoms with Crippen molar-refractivity contribution in [2.24, 2.45) is 0 Å². The Morgan fingerprint density at radius 1 is 0.276 bits per heavy atom. The predicted molar refractivity (Wildman–Crippen MR) is 316 cm³/mol. The van der Waals surface area contributed by atoms with E-state index in [9.17, 15) is 5.26 Å². The summed E-state index contributed by atoms with van der Waals surface area (Å²) in [7, 11) is 0. The molecule has 14 rings (SSSR count). The minimum atomic E-state index is 0.551. The average molecular weight is 967 g/mol. The third-order valence-corrected chi connectivity index (χ3v) is 15.0. The van der Waals surface area contributed by atoms with Crippen LogP contribution in [0.25, 0.3) is 133 Å². The van der Waals surface area contributed by atoms with Crippen molar-refractivity contribution in [2.75, 3.05) is 0 Å². The fourth-order valence-electron chi connectivity index (χ4n) is 11.5. The highest BCUT2D eigenvalue weighted by molar-refractivity contribution is 6.14. The zero-order chi connectivity index (χ0) is 50.5. The molecular formula is C72H46N4. The van der Waals surface area contributed by atoms with Crippen LogP contribution in [0.15, 0.2) is 279 Å². The molecule has 0 aliphatic heterocycles. The van der Waals surface area contributed by atoms with E-state index in [2.05, 4.69) is 282 Å². The molecule has 354 valence electrons. The molecule has 0 unspecified atom stereocenters. The number of rotatable bonds is 9. The van der Waals surface area contributed by atoms with Gasteiger partial charge >= 0.3 is 0 Å². The lowest BCUT2D eigenvalue weighted by molar-refractivity contribution is 1.12. The molecule has 0 aliphatic carbocycles. The fraction of sp³-hybridized carbons (Fsp3) is 0. The SMILES string of the molecule is N#Cc1c(-n2c3ccc(-c4ccccc4)cc3c3cc(-c4ccccc4)ccc32)cc(-c2cccnc2-c2ccccc2-c2ccccc2)cc1-n1c2ccc(-c3ccccc3)cc2c2cc(-c3ccccc3)ccc21. The molecule has 0 aliphatic rings. The number of nitriles is 1. The molecule has 0 radical (unpaired) electrons. The minimum absolute atomic E-state index is 0.551. The molecule has 0 spiro atoms. The molecule has 0 saturated carbocycles. The van der Waals surface area contributed by atoms with E-state index in [1.807, 2.05) is 12.3 Å². The van der Waals surface area contributed by atoms with Gasteiger partial charge in [-0.05, 0) is 128 Å². The van der Waals surface area contributed by atoms with Crippen LogP contribution < -0.4 is 0 Å². The Hall–Kier alpha value is -10.3. The highest BCUT2D eigenvalue weighted by Crippen LogP contribution is 2.45. The van der Waals surface area contributed by atoms with Crippen LogP contribution >= 0.6 is 0 Å². The van der Waals surface area contributed by atoms with Gasteiger partial charge in [-0.15, -0.1) is 0 Å². The maximum absolute atomic E-state index is 12.0. The molecule has 4 heteroatoms. The Morgan fingerprint density at radius 2 is 0.605 bits per heavy atom. The summed E-state index contributed by atoms with van der Waals surface area (Å²) >= 11 is 0. The normalized spacial score (nSPS) is 11.4. The Labute approximate surface area is 440 Å². The van der Waals surface area contributed by atoms with Crippen LogP contribution in [0.3, 0.4) is 0 Å². The highest BCUT2D eigenvalue weighted by Gasteiger charge is 2.25. The quantitative estimate of drug-likeness (QED) is 0.145. The van der Waals surface area contributed by atoms with E-state index in [1.54, 1.807) is 0 Å². The van der Waals surface area contributed by atoms with Gasteiger partial charge in [0.2, 0.25) is 0 Å². The van der Waals surface area contributed by atoms with Gasteiger partial charge in [0, 0.05) is 38.9 Å². The molecule has 11 aromatic carbocycles. The standard InChI is InChI=1S/C72H46N4/c73-47-65-70(75-66-36-32-53(48-19-6-1-7-20-48)41-61(66)62-42-54(33-37-67(62)75)49-21-8-2-9-22-49)45-57(59-31-18-40-74-72(59)60-30-17-16-29-58(60)52-27-14-5-15-28-52)46-71(65)76-68-38-34-55(50-23-10-3-11-24-50)43-63(68)64-44-56(35-39-69(64)76)51-25-12-4-13-26-51/h1-46H. The molecule has 0 atom stereocenters. The van der Waals surface area contributed by atoms with Gasteiger partial charge in [-0.3, -0.25) is 4.98 Å². The van der Waals surface area contributed by atoms with E-state index in [-0.39, 0.29) is 0 Å². The third kappa shape index (κ3) is 7.57. The van der Waals surface area contributed by atoms with Gasteiger partial charge in [-0.1, -0.05) is 206 Å². The second kappa shape index (κ2) is 18.6. The van der Waals surface area contributed by atoms with Crippen molar-refractivity contribution >= 4 is 43.6 Å². The monoisotopic (exact) mass is 966 g/mol. The number of hydrogen-bond acceptors (Lipinski definition) is 2. The lowest BCUT2D eigenvalue weighted by atomic mass is 9.92. The zero-order valence-electron chi connectivity index (χ0n) is 41.3. The molecule has 3 heterocycles. The Balaban J connectivity index is 1.10. The van der Waals surface area contributed by atoms with E-state index in [0.29, 0.717) is 5.56 Å². The summed E-state index contributed by atoms with van der Waals surface area (Å²) in [6.45, 7) is 0. The maximum Gasteiger partial charge on any atom is 0.104 e. The van der Waals surface area contributed by atoms with Crippen molar-refractivity contribution in [2.45, 2.75) is 0 Å². The maximum atomic E-state index is 12.0. The van der Waals surface area contributed by atoms with Crippen molar-refractivity contribution < 1.29 is 0 Å². The summed E-state index contributed by atoms with van der Waals surface area (Å²) in [6, 6.07) is 99.9. The Morgan fingerprint density at radius 3 is 0.974 bits per heavy atom. The third-order valence-electron chi connectivity index (χ3n) is 15.0. The van der Waals surface area contributed by atoms with E-state index < -0.39 is 0 Å². The summed E-state index contributed by atoms with van der Waals surface area (Å²) in [5.41, 5.74) is 21.1. The first-order valence-electron chi connectivity index (χ1n) is 25.7. The highest BCUT2D eigenvalue weighted by atomic mass is 15.0. The van der Waals surface area contributed by atoms with Gasteiger partial charge in [-0.2, -0.15) is 5.26 Å². The zero-order valence-corrected chi connectivity index (χ0v) is 41.3. The smallest absolute Gasteiger partial charge is 0.104 e. The fourth-order valence-corrected chi connectivity index (χ4v) is 11.5. The van der Waals surface area contributed by atoms with Crippen molar-refractivity contribution in [1.82, 2.24) is 14.1 Å². The van der Waals surface area contributed by atoms with Crippen molar-refractivity contribution in [3.8, 4) is 95.5 Å². The van der Waals surface area contributed by atoms with Crippen LogP contribution in [0.2, 0.25) is 0 Å². The van der Waals surface area contributed by atoms with Gasteiger partial charge < -0.3 is 9.13 Å². The van der Waals surface area contributed by atoms with Gasteiger partial charge in [0.15, 0.2) is 0 Å². The first kappa shape index (κ1) is 44.4. The summed E-state index contributed by atoms with van der Waals surface area (Å²) in [5.74, 6) is 0. The summed E-state index contributed by atoms with van der Waals surface area (Å²) in [6.07, 6.45) is 1.88. The lowest BCUT2D eigenvalue weighted by Crippen LogP contribution is -2.06. The number of aromatic nitrogens is 3. The van der Waals surface area contributed by atoms with E-state index in [1.165, 1.54) is 0 Å². The first-order chi connectivity index (χ1) is 37.7. The Bertz CT molecular complexity index is 4130. The molecule has 14 aromatic rings.